The third kappa shape index (κ3) is 4.32. The molecule has 0 saturated heterocycles. The first-order valence-corrected chi connectivity index (χ1v) is 9.45. The van der Waals surface area contributed by atoms with Gasteiger partial charge in [-0.05, 0) is 45.9 Å². The molecule has 1 N–H and O–H groups in total. The summed E-state index contributed by atoms with van der Waals surface area (Å²) >= 11 is 0. The lowest BCUT2D eigenvalue weighted by molar-refractivity contribution is -0.119. The number of anilines is 1. The summed E-state index contributed by atoms with van der Waals surface area (Å²) in [7, 11) is 1.63. The van der Waals surface area contributed by atoms with E-state index in [4.69, 9.17) is 4.74 Å². The van der Waals surface area contributed by atoms with Crippen molar-refractivity contribution in [3.63, 3.8) is 0 Å². The van der Waals surface area contributed by atoms with Gasteiger partial charge in [-0.2, -0.15) is 5.10 Å². The van der Waals surface area contributed by atoms with E-state index in [2.05, 4.69) is 10.4 Å². The number of Topliss-reactive ketones (excluding diaryl/α,β-unsaturated/α-hetero) is 1. The van der Waals surface area contributed by atoms with Crippen molar-refractivity contribution < 1.29 is 19.1 Å². The SMILES string of the molecule is CC(=O)c1cc(C(=O)OCC(=O)Nc2c(C)nn(-c3ccc(C)cc3)c2C)n(C)c1. The highest BCUT2D eigenvalue weighted by Gasteiger charge is 2.19. The summed E-state index contributed by atoms with van der Waals surface area (Å²) in [5, 5.41) is 7.26. The number of carbonyl (C=O) groups is 3. The van der Waals surface area contributed by atoms with Crippen LogP contribution in [0.4, 0.5) is 5.69 Å². The van der Waals surface area contributed by atoms with Crippen LogP contribution in [0.1, 0.15) is 44.7 Å². The Bertz CT molecular complexity index is 1120. The summed E-state index contributed by atoms with van der Waals surface area (Å²) in [4.78, 5) is 36.1. The number of nitrogens with zero attached hydrogens (tertiary/aromatic N) is 3. The molecule has 156 valence electrons. The molecular formula is C22H24N4O4. The van der Waals surface area contributed by atoms with E-state index in [0.29, 0.717) is 16.9 Å². The monoisotopic (exact) mass is 408 g/mol. The Morgan fingerprint density at radius 1 is 1.10 bits per heavy atom. The van der Waals surface area contributed by atoms with Crippen LogP contribution in [0.15, 0.2) is 36.5 Å². The fraction of sp³-hybridized carbons (Fsp3) is 0.273. The number of hydrogen-bond donors (Lipinski definition) is 1. The summed E-state index contributed by atoms with van der Waals surface area (Å²) < 4.78 is 8.36. The van der Waals surface area contributed by atoms with Gasteiger partial charge >= 0.3 is 5.97 Å². The van der Waals surface area contributed by atoms with Gasteiger partial charge in [-0.15, -0.1) is 0 Å². The third-order valence-corrected chi connectivity index (χ3v) is 4.79. The Labute approximate surface area is 174 Å². The molecule has 0 aliphatic heterocycles. The standard InChI is InChI=1S/C22H24N4O4/c1-13-6-8-18(9-7-13)26-15(3)21(14(2)24-26)23-20(28)12-30-22(29)19-10-17(16(4)27)11-25(19)5/h6-11H,12H2,1-5H3,(H,23,28). The molecule has 1 amide bonds. The molecule has 1 aromatic carbocycles. The van der Waals surface area contributed by atoms with Gasteiger partial charge in [0.2, 0.25) is 0 Å². The number of carbonyl (C=O) groups excluding carboxylic acids is 3. The highest BCUT2D eigenvalue weighted by Crippen LogP contribution is 2.23. The van der Waals surface area contributed by atoms with E-state index in [-0.39, 0.29) is 11.5 Å². The first-order chi connectivity index (χ1) is 14.2. The van der Waals surface area contributed by atoms with Crippen molar-refractivity contribution in [2.45, 2.75) is 27.7 Å². The molecule has 8 nitrogen and oxygen atoms in total. The van der Waals surface area contributed by atoms with Crippen LogP contribution in [0.3, 0.4) is 0 Å². The van der Waals surface area contributed by atoms with Crippen molar-refractivity contribution in [3.8, 4) is 5.69 Å². The van der Waals surface area contributed by atoms with E-state index < -0.39 is 18.5 Å². The number of rotatable bonds is 6. The maximum absolute atomic E-state index is 12.4. The van der Waals surface area contributed by atoms with Crippen molar-refractivity contribution in [2.75, 3.05) is 11.9 Å². The van der Waals surface area contributed by atoms with Gasteiger partial charge in [-0.1, -0.05) is 17.7 Å². The van der Waals surface area contributed by atoms with Crippen LogP contribution in [0.2, 0.25) is 0 Å². The fourth-order valence-corrected chi connectivity index (χ4v) is 3.10. The van der Waals surface area contributed by atoms with Crippen molar-refractivity contribution in [3.05, 3.63) is 64.7 Å². The minimum Gasteiger partial charge on any atom is -0.451 e. The second-order valence-electron chi connectivity index (χ2n) is 7.20. The van der Waals surface area contributed by atoms with Crippen LogP contribution < -0.4 is 5.32 Å². The van der Waals surface area contributed by atoms with E-state index >= 15 is 0 Å². The van der Waals surface area contributed by atoms with E-state index in [1.165, 1.54) is 17.6 Å². The lowest BCUT2D eigenvalue weighted by Gasteiger charge is -2.08. The molecule has 0 atom stereocenters. The van der Waals surface area contributed by atoms with E-state index in [0.717, 1.165) is 16.9 Å². The largest absolute Gasteiger partial charge is 0.451 e. The lowest BCUT2D eigenvalue weighted by Crippen LogP contribution is -2.22. The second kappa shape index (κ2) is 8.36. The lowest BCUT2D eigenvalue weighted by atomic mass is 10.2. The fourth-order valence-electron chi connectivity index (χ4n) is 3.10. The maximum Gasteiger partial charge on any atom is 0.355 e. The van der Waals surface area contributed by atoms with Crippen LogP contribution in [-0.2, 0) is 16.6 Å². The predicted molar refractivity (Wildman–Crippen MR) is 112 cm³/mol. The number of nitrogens with one attached hydrogen (secondary N) is 1. The molecular weight excluding hydrogens is 384 g/mol. The zero-order chi connectivity index (χ0) is 22.0. The molecule has 2 heterocycles. The molecule has 30 heavy (non-hydrogen) atoms. The van der Waals surface area contributed by atoms with E-state index in [9.17, 15) is 14.4 Å². The molecule has 0 bridgehead atoms. The topological polar surface area (TPSA) is 95.2 Å². The Hall–Kier alpha value is -3.68. The zero-order valence-electron chi connectivity index (χ0n) is 17.6. The molecule has 0 unspecified atom stereocenters. The van der Waals surface area contributed by atoms with Crippen LogP contribution in [-0.4, -0.2) is 38.6 Å². The zero-order valence-corrected chi connectivity index (χ0v) is 17.6. The number of hydrogen-bond acceptors (Lipinski definition) is 5. The molecule has 0 spiro atoms. The number of esters is 1. The van der Waals surface area contributed by atoms with Gasteiger partial charge in [-0.3, -0.25) is 9.59 Å². The van der Waals surface area contributed by atoms with E-state index in [1.54, 1.807) is 24.9 Å². The van der Waals surface area contributed by atoms with Crippen LogP contribution >= 0.6 is 0 Å². The molecule has 0 aliphatic carbocycles. The highest BCUT2D eigenvalue weighted by atomic mass is 16.5. The number of aromatic nitrogens is 3. The van der Waals surface area contributed by atoms with Crippen LogP contribution in [0.5, 0.6) is 0 Å². The van der Waals surface area contributed by atoms with Crippen molar-refractivity contribution >= 4 is 23.3 Å². The summed E-state index contributed by atoms with van der Waals surface area (Å²) in [5.74, 6) is -1.30. The Balaban J connectivity index is 1.67. The molecule has 3 aromatic rings. The summed E-state index contributed by atoms with van der Waals surface area (Å²) in [5.41, 5.74) is 4.64. The first kappa shape index (κ1) is 21.0. The number of ketones is 1. The van der Waals surface area contributed by atoms with Crippen molar-refractivity contribution in [1.29, 1.82) is 0 Å². The molecule has 0 saturated carbocycles. The Morgan fingerprint density at radius 2 is 1.77 bits per heavy atom. The minimum atomic E-state index is -0.677. The normalized spacial score (nSPS) is 10.7. The number of amides is 1. The molecule has 3 rings (SSSR count). The number of aryl methyl sites for hydroxylation is 3. The van der Waals surface area contributed by atoms with Gasteiger partial charge in [0.1, 0.15) is 5.69 Å². The van der Waals surface area contributed by atoms with Gasteiger partial charge in [0.25, 0.3) is 5.91 Å². The average Bonchev–Trinajstić information content (AvgIpc) is 3.22. The molecule has 0 fully saturated rings. The molecule has 8 heteroatoms. The average molecular weight is 408 g/mol. The smallest absolute Gasteiger partial charge is 0.355 e. The van der Waals surface area contributed by atoms with Gasteiger partial charge in [0.15, 0.2) is 12.4 Å². The highest BCUT2D eigenvalue weighted by molar-refractivity contribution is 5.99. The number of ether oxygens (including phenoxy) is 1. The molecule has 2 aromatic heterocycles. The Morgan fingerprint density at radius 3 is 2.37 bits per heavy atom. The first-order valence-electron chi connectivity index (χ1n) is 9.45. The summed E-state index contributed by atoms with van der Waals surface area (Å²) in [6.07, 6.45) is 1.55. The van der Waals surface area contributed by atoms with Gasteiger partial charge in [-0.25, -0.2) is 9.48 Å². The van der Waals surface area contributed by atoms with Crippen molar-refractivity contribution in [2.24, 2.45) is 7.05 Å². The van der Waals surface area contributed by atoms with Gasteiger partial charge < -0.3 is 14.6 Å². The van der Waals surface area contributed by atoms with E-state index in [1.807, 2.05) is 38.1 Å². The van der Waals surface area contributed by atoms with Crippen LogP contribution in [0, 0.1) is 20.8 Å². The number of benzene rings is 1. The predicted octanol–water partition coefficient (Wildman–Crippen LogP) is 3.13. The van der Waals surface area contributed by atoms with Gasteiger partial charge in [0, 0.05) is 18.8 Å². The summed E-state index contributed by atoms with van der Waals surface area (Å²) in [6.45, 7) is 6.63. The van der Waals surface area contributed by atoms with Crippen molar-refractivity contribution in [1.82, 2.24) is 14.3 Å². The summed E-state index contributed by atoms with van der Waals surface area (Å²) in [6, 6.07) is 9.34. The van der Waals surface area contributed by atoms with Crippen LogP contribution in [0.25, 0.3) is 5.69 Å². The third-order valence-electron chi connectivity index (χ3n) is 4.79. The Kier molecular flexibility index (Phi) is 5.86. The minimum absolute atomic E-state index is 0.154. The van der Waals surface area contributed by atoms with Gasteiger partial charge in [0.05, 0.1) is 22.8 Å². The molecule has 0 radical (unpaired) electrons. The quantitative estimate of drug-likeness (QED) is 0.499. The maximum atomic E-state index is 12.4. The second-order valence-corrected chi connectivity index (χ2v) is 7.20. The molecule has 0 aliphatic rings.